The standard InChI is InChI=1S/C12H20N4O2S/c1-8-4-16(7-12(2,3)18-8)5-9-6-19-11(14-9)10(17)15-13/h6,8H,4-5,7,13H2,1-3H3,(H,15,17). The van der Waals surface area contributed by atoms with Gasteiger partial charge in [0.2, 0.25) is 0 Å². The first-order valence-corrected chi connectivity index (χ1v) is 7.13. The lowest BCUT2D eigenvalue weighted by Gasteiger charge is -2.41. The molecule has 0 aliphatic carbocycles. The Labute approximate surface area is 116 Å². The monoisotopic (exact) mass is 284 g/mol. The molecule has 19 heavy (non-hydrogen) atoms. The zero-order chi connectivity index (χ0) is 14.0. The van der Waals surface area contributed by atoms with Crippen molar-refractivity contribution in [2.24, 2.45) is 5.84 Å². The molecule has 1 aromatic heterocycles. The van der Waals surface area contributed by atoms with E-state index in [9.17, 15) is 4.79 Å². The molecule has 0 saturated carbocycles. The van der Waals surface area contributed by atoms with Gasteiger partial charge in [-0.3, -0.25) is 15.1 Å². The number of ether oxygens (including phenoxy) is 1. The minimum absolute atomic E-state index is 0.148. The number of carbonyl (C=O) groups is 1. The summed E-state index contributed by atoms with van der Waals surface area (Å²) >= 11 is 1.31. The number of thiazole rings is 1. The number of nitrogens with two attached hydrogens (primary N) is 1. The Morgan fingerprint density at radius 1 is 1.74 bits per heavy atom. The number of rotatable bonds is 3. The van der Waals surface area contributed by atoms with E-state index in [0.29, 0.717) is 5.01 Å². The molecule has 1 aliphatic heterocycles. The minimum atomic E-state index is -0.341. The normalized spacial score (nSPS) is 23.3. The highest BCUT2D eigenvalue weighted by atomic mass is 32.1. The van der Waals surface area contributed by atoms with Gasteiger partial charge in [-0.1, -0.05) is 0 Å². The van der Waals surface area contributed by atoms with Crippen LogP contribution in [0.2, 0.25) is 0 Å². The lowest BCUT2D eigenvalue weighted by atomic mass is 10.1. The van der Waals surface area contributed by atoms with Gasteiger partial charge in [-0.05, 0) is 20.8 Å². The van der Waals surface area contributed by atoms with E-state index in [1.807, 2.05) is 5.38 Å². The van der Waals surface area contributed by atoms with Crippen LogP contribution in [0, 0.1) is 0 Å². The van der Waals surface area contributed by atoms with Crippen LogP contribution in [0.25, 0.3) is 0 Å². The zero-order valence-corrected chi connectivity index (χ0v) is 12.3. The highest BCUT2D eigenvalue weighted by Gasteiger charge is 2.31. The van der Waals surface area contributed by atoms with Gasteiger partial charge in [0.25, 0.3) is 5.91 Å². The molecule has 0 bridgehead atoms. The number of nitrogens with zero attached hydrogens (tertiary/aromatic N) is 2. The fraction of sp³-hybridized carbons (Fsp3) is 0.667. The lowest BCUT2D eigenvalue weighted by molar-refractivity contribution is -0.130. The summed E-state index contributed by atoms with van der Waals surface area (Å²) in [6, 6.07) is 0. The summed E-state index contributed by atoms with van der Waals surface area (Å²) in [5.41, 5.74) is 2.84. The van der Waals surface area contributed by atoms with E-state index in [2.05, 4.69) is 36.1 Å². The van der Waals surface area contributed by atoms with Gasteiger partial charge in [0, 0.05) is 25.0 Å². The van der Waals surface area contributed by atoms with Gasteiger partial charge < -0.3 is 4.74 Å². The molecule has 1 fully saturated rings. The number of hydrogen-bond acceptors (Lipinski definition) is 6. The molecule has 2 heterocycles. The average molecular weight is 284 g/mol. The third-order valence-corrected chi connectivity index (χ3v) is 3.79. The Hall–Kier alpha value is -1.02. The Morgan fingerprint density at radius 2 is 2.47 bits per heavy atom. The van der Waals surface area contributed by atoms with E-state index in [1.165, 1.54) is 11.3 Å². The first-order chi connectivity index (χ1) is 8.89. The maximum Gasteiger partial charge on any atom is 0.294 e. The summed E-state index contributed by atoms with van der Waals surface area (Å²) in [6.45, 7) is 8.70. The van der Waals surface area contributed by atoms with Gasteiger partial charge in [-0.2, -0.15) is 0 Å². The molecule has 1 aromatic rings. The third kappa shape index (κ3) is 3.73. The summed E-state index contributed by atoms with van der Waals surface area (Å²) in [4.78, 5) is 17.9. The molecule has 1 aliphatic rings. The van der Waals surface area contributed by atoms with Crippen LogP contribution in [0.4, 0.5) is 0 Å². The topological polar surface area (TPSA) is 80.5 Å². The third-order valence-electron chi connectivity index (χ3n) is 2.90. The van der Waals surface area contributed by atoms with Crippen LogP contribution >= 0.6 is 11.3 Å². The van der Waals surface area contributed by atoms with E-state index < -0.39 is 0 Å². The second-order valence-electron chi connectivity index (χ2n) is 5.48. The average Bonchev–Trinajstić information content (AvgIpc) is 2.73. The van der Waals surface area contributed by atoms with Crippen LogP contribution in [0.3, 0.4) is 0 Å². The van der Waals surface area contributed by atoms with Crippen molar-refractivity contribution >= 4 is 17.2 Å². The van der Waals surface area contributed by atoms with Crippen molar-refractivity contribution in [1.82, 2.24) is 15.3 Å². The maximum absolute atomic E-state index is 11.4. The van der Waals surface area contributed by atoms with E-state index in [1.54, 1.807) is 0 Å². The number of nitrogen functional groups attached to an aromatic ring is 1. The van der Waals surface area contributed by atoms with Crippen LogP contribution in [-0.4, -0.2) is 40.6 Å². The predicted octanol–water partition coefficient (Wildman–Crippen LogP) is 0.746. The lowest BCUT2D eigenvalue weighted by Crippen LogP contribution is -2.51. The summed E-state index contributed by atoms with van der Waals surface area (Å²) in [5.74, 6) is 4.75. The summed E-state index contributed by atoms with van der Waals surface area (Å²) in [6.07, 6.45) is 0.203. The first kappa shape index (κ1) is 14.4. The molecular formula is C12H20N4O2S. The minimum Gasteiger partial charge on any atom is -0.370 e. The molecule has 3 N–H and O–H groups in total. The van der Waals surface area contributed by atoms with E-state index in [-0.39, 0.29) is 17.6 Å². The number of nitrogens with one attached hydrogen (secondary N) is 1. The molecule has 1 saturated heterocycles. The van der Waals surface area contributed by atoms with Gasteiger partial charge in [0.1, 0.15) is 0 Å². The van der Waals surface area contributed by atoms with Gasteiger partial charge >= 0.3 is 0 Å². The van der Waals surface area contributed by atoms with Crippen LogP contribution < -0.4 is 11.3 Å². The van der Waals surface area contributed by atoms with Crippen molar-refractivity contribution < 1.29 is 9.53 Å². The maximum atomic E-state index is 11.4. The largest absolute Gasteiger partial charge is 0.370 e. The molecule has 0 spiro atoms. The number of morpholine rings is 1. The molecule has 0 aromatic carbocycles. The Balaban J connectivity index is 2.01. The quantitative estimate of drug-likeness (QED) is 0.486. The smallest absolute Gasteiger partial charge is 0.294 e. The number of hydrazine groups is 1. The first-order valence-electron chi connectivity index (χ1n) is 6.25. The number of amides is 1. The van der Waals surface area contributed by atoms with E-state index in [0.717, 1.165) is 25.3 Å². The summed E-state index contributed by atoms with van der Waals surface area (Å²) < 4.78 is 5.86. The van der Waals surface area contributed by atoms with Crippen LogP contribution in [0.1, 0.15) is 36.3 Å². The molecule has 106 valence electrons. The second-order valence-corrected chi connectivity index (χ2v) is 6.33. The fourth-order valence-corrected chi connectivity index (χ4v) is 3.19. The highest BCUT2D eigenvalue weighted by Crippen LogP contribution is 2.22. The van der Waals surface area contributed by atoms with Crippen LogP contribution in [0.15, 0.2) is 5.38 Å². The predicted molar refractivity (Wildman–Crippen MR) is 73.7 cm³/mol. The fourth-order valence-electron chi connectivity index (χ4n) is 2.48. The van der Waals surface area contributed by atoms with Gasteiger partial charge in [0.15, 0.2) is 5.01 Å². The summed E-state index contributed by atoms with van der Waals surface area (Å²) in [5, 5.41) is 2.30. The zero-order valence-electron chi connectivity index (χ0n) is 11.5. The van der Waals surface area contributed by atoms with Crippen molar-refractivity contribution in [3.8, 4) is 0 Å². The number of carbonyl (C=O) groups excluding carboxylic acids is 1. The van der Waals surface area contributed by atoms with Gasteiger partial charge in [-0.15, -0.1) is 11.3 Å². The molecular weight excluding hydrogens is 264 g/mol. The molecule has 6 nitrogen and oxygen atoms in total. The van der Waals surface area contributed by atoms with Crippen LogP contribution in [-0.2, 0) is 11.3 Å². The SMILES string of the molecule is CC1CN(Cc2csc(C(=O)NN)n2)CC(C)(C)O1. The van der Waals surface area contributed by atoms with Crippen molar-refractivity contribution in [2.75, 3.05) is 13.1 Å². The van der Waals surface area contributed by atoms with E-state index in [4.69, 9.17) is 10.6 Å². The molecule has 2 rings (SSSR count). The number of hydrogen-bond donors (Lipinski definition) is 2. The van der Waals surface area contributed by atoms with Crippen molar-refractivity contribution in [1.29, 1.82) is 0 Å². The Morgan fingerprint density at radius 3 is 3.11 bits per heavy atom. The Kier molecular flexibility index (Phi) is 4.19. The molecule has 0 radical (unpaired) electrons. The second kappa shape index (κ2) is 5.54. The molecule has 7 heteroatoms. The van der Waals surface area contributed by atoms with Gasteiger partial charge in [0.05, 0.1) is 17.4 Å². The summed E-state index contributed by atoms with van der Waals surface area (Å²) in [7, 11) is 0. The van der Waals surface area contributed by atoms with E-state index >= 15 is 0 Å². The Bertz CT molecular complexity index is 460. The van der Waals surface area contributed by atoms with Crippen molar-refractivity contribution in [3.63, 3.8) is 0 Å². The number of aromatic nitrogens is 1. The van der Waals surface area contributed by atoms with Crippen LogP contribution in [0.5, 0.6) is 0 Å². The van der Waals surface area contributed by atoms with Gasteiger partial charge in [-0.25, -0.2) is 10.8 Å². The molecule has 1 amide bonds. The van der Waals surface area contributed by atoms with Crippen molar-refractivity contribution in [2.45, 2.75) is 39.0 Å². The van der Waals surface area contributed by atoms with Crippen molar-refractivity contribution in [3.05, 3.63) is 16.1 Å². The molecule has 1 unspecified atom stereocenters. The highest BCUT2D eigenvalue weighted by molar-refractivity contribution is 7.11. The molecule has 1 atom stereocenters.